The van der Waals surface area contributed by atoms with Crippen LogP contribution in [0.3, 0.4) is 0 Å². The highest BCUT2D eigenvalue weighted by Gasteiger charge is 2.49. The van der Waals surface area contributed by atoms with E-state index in [1.165, 1.54) is 0 Å². The van der Waals surface area contributed by atoms with Crippen LogP contribution in [-0.4, -0.2) is 64.8 Å². The zero-order valence-corrected chi connectivity index (χ0v) is 18.7. The standard InChI is InChI=1S/C24H32N4O4/c1-3-15(2)20(25)23(30)28-14-11-19-21(28)24(31)27-13-4-5-18(27)22(29)26-12-10-16-6-8-17(32-19)9-7-16/h6-10,12,15,18-21H,3-5,11,13-14,25H2,1-2H3,(H,26,29)/t15-,18+,19-,20-,21+/m0/s1. The Morgan fingerprint density at radius 2 is 1.97 bits per heavy atom. The van der Waals surface area contributed by atoms with Gasteiger partial charge in [0, 0.05) is 25.7 Å². The van der Waals surface area contributed by atoms with E-state index < -0.39 is 24.2 Å². The zero-order valence-electron chi connectivity index (χ0n) is 18.7. The summed E-state index contributed by atoms with van der Waals surface area (Å²) >= 11 is 0. The fourth-order valence-electron chi connectivity index (χ4n) is 4.74. The lowest BCUT2D eigenvalue weighted by molar-refractivity contribution is -0.149. The first-order valence-corrected chi connectivity index (χ1v) is 11.5. The molecule has 1 aromatic carbocycles. The lowest BCUT2D eigenvalue weighted by atomic mass is 9.98. The summed E-state index contributed by atoms with van der Waals surface area (Å²) in [6.07, 6.45) is 5.55. The van der Waals surface area contributed by atoms with Crippen molar-refractivity contribution in [3.8, 4) is 5.75 Å². The van der Waals surface area contributed by atoms with Gasteiger partial charge in [-0.3, -0.25) is 14.4 Å². The van der Waals surface area contributed by atoms with Gasteiger partial charge in [0.2, 0.25) is 17.7 Å². The van der Waals surface area contributed by atoms with Gasteiger partial charge in [0.1, 0.15) is 23.9 Å². The van der Waals surface area contributed by atoms with E-state index in [1.54, 1.807) is 16.0 Å². The molecular formula is C24H32N4O4. The number of hydrogen-bond acceptors (Lipinski definition) is 5. The molecule has 3 N–H and O–H groups in total. The van der Waals surface area contributed by atoms with Crippen molar-refractivity contribution in [2.75, 3.05) is 13.1 Å². The number of amides is 3. The largest absolute Gasteiger partial charge is 0.488 e. The molecule has 2 fully saturated rings. The Kier molecular flexibility index (Phi) is 6.50. The predicted octanol–water partition coefficient (Wildman–Crippen LogP) is 1.50. The highest BCUT2D eigenvalue weighted by atomic mass is 16.5. The van der Waals surface area contributed by atoms with Crippen LogP contribution in [0.5, 0.6) is 5.75 Å². The quantitative estimate of drug-likeness (QED) is 0.741. The van der Waals surface area contributed by atoms with Crippen LogP contribution in [0.15, 0.2) is 30.5 Å². The van der Waals surface area contributed by atoms with Crippen LogP contribution >= 0.6 is 0 Å². The average Bonchev–Trinajstić information content (AvgIpc) is 3.45. The second kappa shape index (κ2) is 9.32. The van der Waals surface area contributed by atoms with Crippen molar-refractivity contribution in [1.82, 2.24) is 15.1 Å². The molecule has 2 saturated heterocycles. The highest BCUT2D eigenvalue weighted by molar-refractivity contribution is 5.94. The van der Waals surface area contributed by atoms with Crippen molar-refractivity contribution in [3.63, 3.8) is 0 Å². The Bertz CT molecular complexity index is 900. The number of nitrogens with two attached hydrogens (primary N) is 1. The summed E-state index contributed by atoms with van der Waals surface area (Å²) in [4.78, 5) is 43.1. The van der Waals surface area contributed by atoms with Crippen LogP contribution < -0.4 is 15.8 Å². The zero-order chi connectivity index (χ0) is 22.8. The predicted molar refractivity (Wildman–Crippen MR) is 120 cm³/mol. The molecule has 5 atom stereocenters. The first-order chi connectivity index (χ1) is 15.4. The lowest BCUT2D eigenvalue weighted by Gasteiger charge is -2.34. The van der Waals surface area contributed by atoms with E-state index in [2.05, 4.69) is 5.32 Å². The second-order valence-corrected chi connectivity index (χ2v) is 8.93. The Morgan fingerprint density at radius 3 is 2.69 bits per heavy atom. The van der Waals surface area contributed by atoms with E-state index in [-0.39, 0.29) is 23.6 Å². The monoisotopic (exact) mass is 440 g/mol. The van der Waals surface area contributed by atoms with Crippen molar-refractivity contribution in [1.29, 1.82) is 0 Å². The highest BCUT2D eigenvalue weighted by Crippen LogP contribution is 2.30. The summed E-state index contributed by atoms with van der Waals surface area (Å²) in [6.45, 7) is 4.81. The van der Waals surface area contributed by atoms with E-state index in [1.807, 2.05) is 44.2 Å². The molecule has 0 spiro atoms. The molecule has 0 radical (unpaired) electrons. The smallest absolute Gasteiger partial charge is 0.249 e. The lowest BCUT2D eigenvalue weighted by Crippen LogP contribution is -2.58. The topological polar surface area (TPSA) is 105 Å². The maximum atomic E-state index is 13.8. The molecule has 0 aliphatic carbocycles. The van der Waals surface area contributed by atoms with Crippen LogP contribution in [0.1, 0.15) is 45.1 Å². The number of nitrogens with one attached hydrogen (secondary N) is 1. The normalized spacial score (nSPS) is 27.3. The minimum atomic E-state index is -0.802. The molecule has 4 heterocycles. The minimum Gasteiger partial charge on any atom is -0.488 e. The summed E-state index contributed by atoms with van der Waals surface area (Å²) in [7, 11) is 0. The first kappa shape index (κ1) is 22.3. The van der Waals surface area contributed by atoms with Gasteiger partial charge in [-0.2, -0.15) is 0 Å². The number of carbonyl (C=O) groups excluding carboxylic acids is 3. The molecule has 3 amide bonds. The summed E-state index contributed by atoms with van der Waals surface area (Å²) in [5.41, 5.74) is 7.18. The van der Waals surface area contributed by atoms with Crippen molar-refractivity contribution in [3.05, 3.63) is 36.0 Å². The molecule has 0 aromatic heterocycles. The Labute approximate surface area is 188 Å². The SMILES string of the molecule is CC[C@H](C)[C@H](N)C(=O)N1CC[C@@H]2Oc3ccc(cc3)C=CNC(=O)[C@H]3CCCN3C(=O)[C@@H]21. The minimum absolute atomic E-state index is 0.000670. The Morgan fingerprint density at radius 1 is 1.22 bits per heavy atom. The Hall–Kier alpha value is -2.87. The fourth-order valence-corrected chi connectivity index (χ4v) is 4.74. The van der Waals surface area contributed by atoms with Crippen LogP contribution in [0.25, 0.3) is 6.08 Å². The van der Waals surface area contributed by atoms with Crippen LogP contribution in [0.2, 0.25) is 0 Å². The molecule has 0 unspecified atom stereocenters. The van der Waals surface area contributed by atoms with E-state index in [4.69, 9.17) is 10.5 Å². The third-order valence-electron chi connectivity index (χ3n) is 6.93. The van der Waals surface area contributed by atoms with Gasteiger partial charge in [0.05, 0.1) is 6.04 Å². The average molecular weight is 441 g/mol. The van der Waals surface area contributed by atoms with Gasteiger partial charge in [0.15, 0.2) is 0 Å². The second-order valence-electron chi connectivity index (χ2n) is 8.93. The number of ether oxygens (including phenoxy) is 1. The summed E-state index contributed by atoms with van der Waals surface area (Å²) < 4.78 is 6.22. The molecule has 4 aliphatic heterocycles. The number of nitrogens with zero attached hydrogens (tertiary/aromatic N) is 2. The number of likely N-dealkylation sites (tertiary alicyclic amines) is 1. The van der Waals surface area contributed by atoms with Crippen molar-refractivity contribution < 1.29 is 19.1 Å². The fraction of sp³-hybridized carbons (Fsp3) is 0.542. The first-order valence-electron chi connectivity index (χ1n) is 11.5. The van der Waals surface area contributed by atoms with Crippen LogP contribution in [0, 0.1) is 5.92 Å². The van der Waals surface area contributed by atoms with E-state index in [0.717, 1.165) is 18.4 Å². The van der Waals surface area contributed by atoms with Gasteiger partial charge >= 0.3 is 0 Å². The van der Waals surface area contributed by atoms with Gasteiger partial charge in [-0.05, 0) is 42.5 Å². The van der Waals surface area contributed by atoms with Crippen LogP contribution in [-0.2, 0) is 14.4 Å². The molecule has 1 aromatic rings. The summed E-state index contributed by atoms with van der Waals surface area (Å²) in [5.74, 6) is -0.0494. The number of rotatable bonds is 3. The molecule has 8 heteroatoms. The van der Waals surface area contributed by atoms with E-state index in [0.29, 0.717) is 31.7 Å². The van der Waals surface area contributed by atoms with Crippen LogP contribution in [0.4, 0.5) is 0 Å². The maximum absolute atomic E-state index is 13.8. The van der Waals surface area contributed by atoms with Crippen molar-refractivity contribution in [2.45, 2.75) is 63.8 Å². The molecule has 0 saturated carbocycles. The molecule has 8 nitrogen and oxygen atoms in total. The summed E-state index contributed by atoms with van der Waals surface area (Å²) in [6, 6.07) is 5.41. The molecule has 5 rings (SSSR count). The van der Waals surface area contributed by atoms with Gasteiger partial charge < -0.3 is 25.6 Å². The van der Waals surface area contributed by atoms with Gasteiger partial charge in [-0.15, -0.1) is 0 Å². The van der Waals surface area contributed by atoms with Gasteiger partial charge in [-0.25, -0.2) is 0 Å². The number of carbonyl (C=O) groups is 3. The van der Waals surface area contributed by atoms with E-state index >= 15 is 0 Å². The summed E-state index contributed by atoms with van der Waals surface area (Å²) in [5, 5.41) is 2.80. The number of hydrogen-bond donors (Lipinski definition) is 2. The molecule has 4 aliphatic rings. The molecule has 32 heavy (non-hydrogen) atoms. The van der Waals surface area contributed by atoms with Gasteiger partial charge in [0.25, 0.3) is 0 Å². The third kappa shape index (κ3) is 4.24. The molecule has 2 bridgehead atoms. The maximum Gasteiger partial charge on any atom is 0.249 e. The van der Waals surface area contributed by atoms with Crippen molar-refractivity contribution >= 4 is 23.8 Å². The third-order valence-corrected chi connectivity index (χ3v) is 6.93. The van der Waals surface area contributed by atoms with E-state index in [9.17, 15) is 14.4 Å². The molecular weight excluding hydrogens is 408 g/mol. The number of fused-ring (bicyclic) bond motifs is 4. The van der Waals surface area contributed by atoms with Gasteiger partial charge in [-0.1, -0.05) is 32.4 Å². The molecule has 172 valence electrons. The number of benzene rings is 1. The Balaban J connectivity index is 1.69. The van der Waals surface area contributed by atoms with Crippen molar-refractivity contribution in [2.24, 2.45) is 11.7 Å².